The minimum Gasteiger partial charge on any atom is -0.870 e. The van der Waals surface area contributed by atoms with Crippen LogP contribution in [0.25, 0.3) is 0 Å². The third-order valence-electron chi connectivity index (χ3n) is 4.19. The van der Waals surface area contributed by atoms with Crippen molar-refractivity contribution in [2.75, 3.05) is 0 Å². The SMILES string of the molecule is CCCCCCCCc1ccc(Oc2ccccc2[O-])cc1S(=O)(=O)O.[K+]. The predicted octanol–water partition coefficient (Wildman–Crippen LogP) is 1.71. The third kappa shape index (κ3) is 8.23. The van der Waals surface area contributed by atoms with Crippen molar-refractivity contribution in [1.82, 2.24) is 0 Å². The molecule has 2 rings (SSSR count). The molecule has 0 atom stereocenters. The van der Waals surface area contributed by atoms with Crippen molar-refractivity contribution in [3.8, 4) is 17.2 Å². The molecule has 0 aliphatic heterocycles. The third-order valence-corrected chi connectivity index (χ3v) is 5.13. The van der Waals surface area contributed by atoms with Crippen molar-refractivity contribution in [2.24, 2.45) is 0 Å². The predicted molar refractivity (Wildman–Crippen MR) is 99.3 cm³/mol. The maximum absolute atomic E-state index is 11.7. The molecule has 0 aromatic heterocycles. The number of para-hydroxylation sites is 2. The summed E-state index contributed by atoms with van der Waals surface area (Å²) in [7, 11) is -4.37. The second-order valence-electron chi connectivity index (χ2n) is 6.31. The van der Waals surface area contributed by atoms with E-state index in [9.17, 15) is 18.1 Å². The van der Waals surface area contributed by atoms with Crippen LogP contribution in [0.5, 0.6) is 17.2 Å². The van der Waals surface area contributed by atoms with E-state index in [4.69, 9.17) is 4.74 Å². The zero-order chi connectivity index (χ0) is 19.0. The number of hydrogen-bond acceptors (Lipinski definition) is 4. The normalized spacial score (nSPS) is 11.0. The Kier molecular flexibility index (Phi) is 11.1. The zero-order valence-corrected chi connectivity index (χ0v) is 19.9. The fourth-order valence-corrected chi connectivity index (χ4v) is 3.57. The summed E-state index contributed by atoms with van der Waals surface area (Å²) in [5.41, 5.74) is 0.561. The van der Waals surface area contributed by atoms with E-state index in [0.29, 0.717) is 12.0 Å². The Morgan fingerprint density at radius 2 is 1.67 bits per heavy atom. The molecule has 0 unspecified atom stereocenters. The van der Waals surface area contributed by atoms with Crippen LogP contribution in [-0.4, -0.2) is 13.0 Å². The molecule has 0 fully saturated rings. The van der Waals surface area contributed by atoms with Gasteiger partial charge < -0.3 is 9.84 Å². The summed E-state index contributed by atoms with van der Waals surface area (Å²) in [6.07, 6.45) is 7.14. The average Bonchev–Trinajstić information content (AvgIpc) is 2.60. The van der Waals surface area contributed by atoms with Crippen molar-refractivity contribution in [2.45, 2.75) is 56.8 Å². The summed E-state index contributed by atoms with van der Waals surface area (Å²) < 4.78 is 38.5. The smallest absolute Gasteiger partial charge is 0.870 e. The van der Waals surface area contributed by atoms with Gasteiger partial charge in [0.2, 0.25) is 0 Å². The van der Waals surface area contributed by atoms with Crippen molar-refractivity contribution in [3.63, 3.8) is 0 Å². The molecule has 7 heteroatoms. The molecule has 0 amide bonds. The molecule has 0 saturated carbocycles. The van der Waals surface area contributed by atoms with E-state index in [1.165, 1.54) is 37.5 Å². The summed E-state index contributed by atoms with van der Waals surface area (Å²) in [5, 5.41) is 11.7. The van der Waals surface area contributed by atoms with E-state index in [2.05, 4.69) is 6.92 Å². The van der Waals surface area contributed by atoms with Gasteiger partial charge in [-0.2, -0.15) is 8.42 Å². The van der Waals surface area contributed by atoms with Crippen LogP contribution in [0.4, 0.5) is 0 Å². The Labute approximate surface area is 204 Å². The second kappa shape index (κ2) is 12.2. The van der Waals surface area contributed by atoms with Gasteiger partial charge in [0, 0.05) is 6.07 Å². The van der Waals surface area contributed by atoms with Crippen molar-refractivity contribution < 1.29 is 74.2 Å². The summed E-state index contributed by atoms with van der Waals surface area (Å²) in [6, 6.07) is 10.7. The minimum absolute atomic E-state index is 0. The number of unbranched alkanes of at least 4 members (excludes halogenated alkanes) is 5. The van der Waals surface area contributed by atoms with E-state index in [1.54, 1.807) is 24.3 Å². The van der Waals surface area contributed by atoms with Gasteiger partial charge in [-0.1, -0.05) is 69.0 Å². The van der Waals surface area contributed by atoms with E-state index in [1.807, 2.05) is 0 Å². The molecule has 1 N–H and O–H groups in total. The molecule has 27 heavy (non-hydrogen) atoms. The van der Waals surface area contributed by atoms with Gasteiger partial charge in [0.1, 0.15) is 16.4 Å². The fourth-order valence-electron chi connectivity index (χ4n) is 2.80. The quantitative estimate of drug-likeness (QED) is 0.362. The largest absolute Gasteiger partial charge is 1.00 e. The number of hydrogen-bond donors (Lipinski definition) is 1. The van der Waals surface area contributed by atoms with E-state index in [-0.39, 0.29) is 73.5 Å². The number of benzene rings is 2. The maximum atomic E-state index is 11.7. The standard InChI is InChI=1S/C20H26O5S.K/c1-2-3-4-5-6-7-10-16-13-14-17(15-20(16)26(22,23)24)25-19-12-9-8-11-18(19)21;/h8-9,11-15,21H,2-7,10H2,1H3,(H,22,23,24);/q;+1/p-1. The van der Waals surface area contributed by atoms with Gasteiger partial charge in [0.15, 0.2) is 0 Å². The molecule has 142 valence electrons. The molecule has 5 nitrogen and oxygen atoms in total. The Bertz CT molecular complexity index is 821. The van der Waals surface area contributed by atoms with Gasteiger partial charge in [-0.15, -0.1) is 0 Å². The van der Waals surface area contributed by atoms with Crippen LogP contribution < -0.4 is 61.2 Å². The summed E-state index contributed by atoms with van der Waals surface area (Å²) in [4.78, 5) is -0.160. The Morgan fingerprint density at radius 3 is 2.33 bits per heavy atom. The van der Waals surface area contributed by atoms with Crippen LogP contribution in [0.3, 0.4) is 0 Å². The first-order valence-corrected chi connectivity index (χ1v) is 10.4. The Balaban J connectivity index is 0.00000364. The van der Waals surface area contributed by atoms with Crippen LogP contribution in [0.15, 0.2) is 47.4 Å². The molecule has 2 aromatic carbocycles. The van der Waals surface area contributed by atoms with E-state index < -0.39 is 10.1 Å². The van der Waals surface area contributed by atoms with Crippen LogP contribution in [0, 0.1) is 0 Å². The number of ether oxygens (including phenoxy) is 1. The maximum Gasteiger partial charge on any atom is 1.00 e. The molecule has 0 saturated heterocycles. The van der Waals surface area contributed by atoms with Crippen LogP contribution in [-0.2, 0) is 16.5 Å². The minimum atomic E-state index is -4.37. The van der Waals surface area contributed by atoms with Crippen LogP contribution >= 0.6 is 0 Å². The zero-order valence-electron chi connectivity index (χ0n) is 16.0. The van der Waals surface area contributed by atoms with Gasteiger partial charge in [0.05, 0.1) is 0 Å². The van der Waals surface area contributed by atoms with E-state index >= 15 is 0 Å². The molecule has 0 aliphatic carbocycles. The van der Waals surface area contributed by atoms with Crippen molar-refractivity contribution in [1.29, 1.82) is 0 Å². The molecule has 0 radical (unpaired) electrons. The molecule has 0 spiro atoms. The monoisotopic (exact) mass is 416 g/mol. The van der Waals surface area contributed by atoms with Crippen molar-refractivity contribution in [3.05, 3.63) is 48.0 Å². The summed E-state index contributed by atoms with van der Waals surface area (Å²) >= 11 is 0. The van der Waals surface area contributed by atoms with Gasteiger partial charge in [-0.3, -0.25) is 4.55 Å². The molecule has 2 aromatic rings. The van der Waals surface area contributed by atoms with Crippen molar-refractivity contribution >= 4 is 10.1 Å². The first kappa shape index (κ1) is 24.6. The first-order valence-electron chi connectivity index (χ1n) is 8.96. The van der Waals surface area contributed by atoms with E-state index in [0.717, 1.165) is 19.3 Å². The number of aryl methyl sites for hydroxylation is 1. The van der Waals surface area contributed by atoms with Crippen LogP contribution in [0.2, 0.25) is 0 Å². The van der Waals surface area contributed by atoms with Gasteiger partial charge in [-0.05, 0) is 30.5 Å². The number of rotatable bonds is 10. The van der Waals surface area contributed by atoms with Gasteiger partial charge >= 0.3 is 51.4 Å². The van der Waals surface area contributed by atoms with Gasteiger partial charge in [-0.25, -0.2) is 0 Å². The summed E-state index contributed by atoms with van der Waals surface area (Å²) in [5.74, 6) is 0.0159. The topological polar surface area (TPSA) is 86.7 Å². The van der Waals surface area contributed by atoms with Gasteiger partial charge in [0.25, 0.3) is 10.1 Å². The Hall–Kier alpha value is -0.414. The molecule has 0 aliphatic rings. The fraction of sp³-hybridized carbons (Fsp3) is 0.400. The molecular weight excluding hydrogens is 391 g/mol. The molecule has 0 heterocycles. The Morgan fingerprint density at radius 1 is 1.00 bits per heavy atom. The second-order valence-corrected chi connectivity index (χ2v) is 7.70. The average molecular weight is 417 g/mol. The molecular formula is C20H25KO5S. The first-order chi connectivity index (χ1) is 12.4. The molecule has 0 bridgehead atoms. The van der Waals surface area contributed by atoms with Crippen LogP contribution in [0.1, 0.15) is 51.0 Å². The summed E-state index contributed by atoms with van der Waals surface area (Å²) in [6.45, 7) is 2.16.